The molecule has 0 aliphatic carbocycles. The third-order valence-electron chi connectivity index (χ3n) is 3.65. The van der Waals surface area contributed by atoms with Gasteiger partial charge in [-0.2, -0.15) is 4.98 Å². The molecule has 2 aromatic carbocycles. The highest BCUT2D eigenvalue weighted by Gasteiger charge is 2.12. The molecule has 0 unspecified atom stereocenters. The van der Waals surface area contributed by atoms with E-state index in [1.807, 2.05) is 29.6 Å². The molecule has 0 radical (unpaired) electrons. The Labute approximate surface area is 158 Å². The molecule has 1 N–H and O–H groups in total. The fraction of sp³-hybridized carbons (Fsp3) is 0. The number of nitrogens with one attached hydrogen (secondary N) is 1. The first kappa shape index (κ1) is 16.5. The van der Waals surface area contributed by atoms with E-state index in [1.165, 1.54) is 11.3 Å². The Kier molecular flexibility index (Phi) is 4.51. The number of amides is 1. The van der Waals surface area contributed by atoms with Gasteiger partial charge in [-0.3, -0.25) is 4.79 Å². The van der Waals surface area contributed by atoms with Crippen LogP contribution in [0.4, 0.5) is 5.69 Å². The van der Waals surface area contributed by atoms with Crippen molar-refractivity contribution in [2.45, 2.75) is 0 Å². The first-order valence-electron chi connectivity index (χ1n) is 7.74. The van der Waals surface area contributed by atoms with Gasteiger partial charge in [-0.1, -0.05) is 28.9 Å². The number of nitrogens with zero attached hydrogens (tertiary/aromatic N) is 2. The van der Waals surface area contributed by atoms with Crippen molar-refractivity contribution in [2.75, 3.05) is 5.32 Å². The lowest BCUT2D eigenvalue weighted by atomic mass is 10.1. The molecular weight excluding hydrogens is 370 g/mol. The van der Waals surface area contributed by atoms with Gasteiger partial charge in [0, 0.05) is 21.8 Å². The Morgan fingerprint density at radius 3 is 2.65 bits per heavy atom. The van der Waals surface area contributed by atoms with Crippen molar-refractivity contribution in [2.24, 2.45) is 0 Å². The molecule has 0 aliphatic rings. The molecule has 26 heavy (non-hydrogen) atoms. The van der Waals surface area contributed by atoms with Crippen LogP contribution in [0.15, 0.2) is 70.6 Å². The molecule has 1 amide bonds. The van der Waals surface area contributed by atoms with Crippen LogP contribution < -0.4 is 5.32 Å². The smallest absolute Gasteiger partial charge is 0.268 e. The second-order valence-corrected chi connectivity index (χ2v) is 6.83. The first-order chi connectivity index (χ1) is 12.7. The maximum Gasteiger partial charge on any atom is 0.268 e. The van der Waals surface area contributed by atoms with Gasteiger partial charge in [0.15, 0.2) is 0 Å². The molecule has 0 atom stereocenters. The maximum absolute atomic E-state index is 12.2. The van der Waals surface area contributed by atoms with E-state index in [-0.39, 0.29) is 5.91 Å². The number of aromatic nitrogens is 2. The number of anilines is 1. The Bertz CT molecular complexity index is 1040. The van der Waals surface area contributed by atoms with Crippen LogP contribution in [-0.4, -0.2) is 16.0 Å². The van der Waals surface area contributed by atoms with Gasteiger partial charge >= 0.3 is 0 Å². The zero-order chi connectivity index (χ0) is 17.9. The average molecular weight is 382 g/mol. The molecule has 0 bridgehead atoms. The normalized spacial score (nSPS) is 10.7. The van der Waals surface area contributed by atoms with Crippen LogP contribution in [0.25, 0.3) is 22.2 Å². The summed E-state index contributed by atoms with van der Waals surface area (Å²) in [5, 5.41) is 9.32. The summed E-state index contributed by atoms with van der Waals surface area (Å²) >= 11 is 7.46. The van der Waals surface area contributed by atoms with E-state index >= 15 is 0 Å². The number of halogens is 1. The van der Waals surface area contributed by atoms with Crippen LogP contribution in [0, 0.1) is 0 Å². The largest absolute Gasteiger partial charge is 0.333 e. The highest BCUT2D eigenvalue weighted by Crippen LogP contribution is 2.26. The monoisotopic (exact) mass is 381 g/mol. The summed E-state index contributed by atoms with van der Waals surface area (Å²) in [6.45, 7) is 0. The number of benzene rings is 2. The summed E-state index contributed by atoms with van der Waals surface area (Å²) in [5.74, 6) is 0.772. The van der Waals surface area contributed by atoms with Crippen LogP contribution in [0.3, 0.4) is 0 Å². The molecule has 0 fully saturated rings. The number of carbonyl (C=O) groups is 1. The van der Waals surface area contributed by atoms with E-state index < -0.39 is 0 Å². The third-order valence-corrected chi connectivity index (χ3v) is 4.74. The van der Waals surface area contributed by atoms with Gasteiger partial charge in [0.1, 0.15) is 0 Å². The molecule has 4 rings (SSSR count). The Balaban J connectivity index is 1.49. The maximum atomic E-state index is 12.2. The van der Waals surface area contributed by atoms with E-state index in [9.17, 15) is 4.79 Å². The van der Waals surface area contributed by atoms with Crippen LogP contribution in [0.5, 0.6) is 0 Å². The lowest BCUT2D eigenvalue weighted by molar-refractivity contribution is 0.102. The minimum absolute atomic E-state index is 0.222. The van der Waals surface area contributed by atoms with Crippen LogP contribution in [0.1, 0.15) is 10.4 Å². The molecule has 2 aromatic heterocycles. The number of carbonyl (C=O) groups excluding carboxylic acids is 1. The lowest BCUT2D eigenvalue weighted by Gasteiger charge is -2.06. The van der Waals surface area contributed by atoms with Gasteiger partial charge in [-0.15, -0.1) is 11.3 Å². The quantitative estimate of drug-likeness (QED) is 0.516. The van der Waals surface area contributed by atoms with Crippen molar-refractivity contribution in [1.82, 2.24) is 10.1 Å². The molecule has 5 nitrogen and oxygen atoms in total. The van der Waals surface area contributed by atoms with Crippen LogP contribution >= 0.6 is 22.9 Å². The Morgan fingerprint density at radius 2 is 1.92 bits per heavy atom. The van der Waals surface area contributed by atoms with Crippen LogP contribution in [0.2, 0.25) is 5.02 Å². The van der Waals surface area contributed by atoms with Gasteiger partial charge in [0.25, 0.3) is 11.8 Å². The Hall–Kier alpha value is -2.96. The predicted molar refractivity (Wildman–Crippen MR) is 102 cm³/mol. The van der Waals surface area contributed by atoms with Crippen molar-refractivity contribution in [3.8, 4) is 22.2 Å². The van der Waals surface area contributed by atoms with E-state index in [0.717, 1.165) is 10.4 Å². The van der Waals surface area contributed by atoms with E-state index in [0.29, 0.717) is 28.0 Å². The SMILES string of the molecule is O=C(Nc1ccc(-c2noc(-c3cccs3)n2)cc1)c1cccc(Cl)c1. The van der Waals surface area contributed by atoms with Crippen molar-refractivity contribution < 1.29 is 9.32 Å². The van der Waals surface area contributed by atoms with Gasteiger partial charge in [-0.25, -0.2) is 0 Å². The highest BCUT2D eigenvalue weighted by atomic mass is 35.5. The van der Waals surface area contributed by atoms with Crippen molar-refractivity contribution in [3.05, 3.63) is 76.6 Å². The summed E-state index contributed by atoms with van der Waals surface area (Å²) < 4.78 is 5.29. The molecule has 0 aliphatic heterocycles. The number of hydrogen-bond donors (Lipinski definition) is 1. The second-order valence-electron chi connectivity index (χ2n) is 5.44. The molecule has 7 heteroatoms. The summed E-state index contributed by atoms with van der Waals surface area (Å²) in [4.78, 5) is 17.6. The fourth-order valence-corrected chi connectivity index (χ4v) is 3.21. The summed E-state index contributed by atoms with van der Waals surface area (Å²) in [6.07, 6.45) is 0. The zero-order valence-corrected chi connectivity index (χ0v) is 14.9. The van der Waals surface area contributed by atoms with Crippen molar-refractivity contribution in [3.63, 3.8) is 0 Å². The number of hydrogen-bond acceptors (Lipinski definition) is 5. The summed E-state index contributed by atoms with van der Waals surface area (Å²) in [6, 6.07) is 17.9. The summed E-state index contributed by atoms with van der Waals surface area (Å²) in [7, 11) is 0. The molecule has 2 heterocycles. The molecule has 0 spiro atoms. The average Bonchev–Trinajstić information content (AvgIpc) is 3.34. The molecule has 128 valence electrons. The molecule has 0 saturated heterocycles. The van der Waals surface area contributed by atoms with Gasteiger partial charge in [0.05, 0.1) is 4.88 Å². The lowest BCUT2D eigenvalue weighted by Crippen LogP contribution is -2.11. The topological polar surface area (TPSA) is 68.0 Å². The van der Waals surface area contributed by atoms with E-state index in [1.54, 1.807) is 36.4 Å². The highest BCUT2D eigenvalue weighted by molar-refractivity contribution is 7.13. The fourth-order valence-electron chi connectivity index (χ4n) is 2.38. The van der Waals surface area contributed by atoms with Gasteiger partial charge in [-0.05, 0) is 53.9 Å². The zero-order valence-electron chi connectivity index (χ0n) is 13.3. The third kappa shape index (κ3) is 3.51. The van der Waals surface area contributed by atoms with E-state index in [4.69, 9.17) is 16.1 Å². The first-order valence-corrected chi connectivity index (χ1v) is 9.00. The van der Waals surface area contributed by atoms with Gasteiger partial charge < -0.3 is 9.84 Å². The van der Waals surface area contributed by atoms with Crippen LogP contribution in [-0.2, 0) is 0 Å². The minimum Gasteiger partial charge on any atom is -0.333 e. The minimum atomic E-state index is -0.222. The standard InChI is InChI=1S/C19H12ClN3O2S/c20-14-4-1-3-13(11-14)18(24)21-15-8-6-12(7-9-15)17-22-19(25-23-17)16-5-2-10-26-16/h1-11H,(H,21,24). The number of rotatable bonds is 4. The summed E-state index contributed by atoms with van der Waals surface area (Å²) in [5.41, 5.74) is 1.97. The predicted octanol–water partition coefficient (Wildman–Crippen LogP) is 5.37. The van der Waals surface area contributed by atoms with E-state index in [2.05, 4.69) is 15.5 Å². The van der Waals surface area contributed by atoms with Gasteiger partial charge in [0.2, 0.25) is 5.82 Å². The Morgan fingerprint density at radius 1 is 1.08 bits per heavy atom. The second kappa shape index (κ2) is 7.11. The molecule has 0 saturated carbocycles. The van der Waals surface area contributed by atoms with Crippen molar-refractivity contribution in [1.29, 1.82) is 0 Å². The molecular formula is C19H12ClN3O2S. The number of thiophene rings is 1. The molecule has 4 aromatic rings. The van der Waals surface area contributed by atoms with Crippen molar-refractivity contribution >= 4 is 34.5 Å².